The van der Waals surface area contributed by atoms with Crippen molar-refractivity contribution in [2.75, 3.05) is 7.11 Å². The molecule has 0 saturated carbocycles. The molecule has 4 nitrogen and oxygen atoms in total. The average Bonchev–Trinajstić information content (AvgIpc) is 2.05. The van der Waals surface area contributed by atoms with Crippen LogP contribution in [0.3, 0.4) is 0 Å². The topological polar surface area (TPSA) is 62.3 Å². The van der Waals surface area contributed by atoms with Gasteiger partial charge in [0.25, 0.3) is 0 Å². The molecule has 58 valence electrons. The Morgan fingerprint density at radius 3 is 2.82 bits per heavy atom. The maximum absolute atomic E-state index is 10.6. The fourth-order valence-corrected chi connectivity index (χ4v) is 0.712. The molecule has 0 atom stereocenters. The monoisotopic (exact) mass is 153 g/mol. The van der Waals surface area contributed by atoms with Crippen LogP contribution >= 0.6 is 0 Å². The van der Waals surface area contributed by atoms with Crippen LogP contribution in [0.4, 0.5) is 0 Å². The molecule has 1 aromatic heterocycles. The van der Waals surface area contributed by atoms with Gasteiger partial charge < -0.3 is 14.7 Å². The summed E-state index contributed by atoms with van der Waals surface area (Å²) < 4.78 is 4.61. The van der Waals surface area contributed by atoms with Crippen LogP contribution < -0.4 is 11.0 Å². The van der Waals surface area contributed by atoms with E-state index in [9.17, 15) is 4.79 Å². The summed E-state index contributed by atoms with van der Waals surface area (Å²) in [7, 11) is 0.419. The lowest BCUT2D eigenvalue weighted by Crippen LogP contribution is -2.33. The third kappa shape index (κ3) is 1.93. The molecular formula is C6H8BNO3. The van der Waals surface area contributed by atoms with Crippen LogP contribution in [0.2, 0.25) is 0 Å². The van der Waals surface area contributed by atoms with Crippen molar-refractivity contribution in [1.82, 2.24) is 4.98 Å². The molecule has 0 unspecified atom stereocenters. The van der Waals surface area contributed by atoms with Crippen LogP contribution in [0.1, 0.15) is 0 Å². The van der Waals surface area contributed by atoms with Crippen LogP contribution in [0, 0.1) is 0 Å². The van der Waals surface area contributed by atoms with E-state index in [1.807, 2.05) is 0 Å². The first-order chi connectivity index (χ1) is 5.24. The molecular weight excluding hydrogens is 145 g/mol. The van der Waals surface area contributed by atoms with Crippen molar-refractivity contribution in [2.24, 2.45) is 0 Å². The van der Waals surface area contributed by atoms with Crippen molar-refractivity contribution >= 4 is 12.6 Å². The summed E-state index contributed by atoms with van der Waals surface area (Å²) in [5.41, 5.74) is 0.337. The van der Waals surface area contributed by atoms with Gasteiger partial charge in [-0.05, 0) is 5.46 Å². The van der Waals surface area contributed by atoms with E-state index in [4.69, 9.17) is 5.02 Å². The van der Waals surface area contributed by atoms with Crippen LogP contribution in [-0.4, -0.2) is 24.2 Å². The number of H-pyrrole nitrogens is 1. The van der Waals surface area contributed by atoms with Gasteiger partial charge in [-0.25, -0.2) is 0 Å². The highest BCUT2D eigenvalue weighted by Crippen LogP contribution is 1.78. The Morgan fingerprint density at radius 2 is 2.36 bits per heavy atom. The second-order valence-corrected chi connectivity index (χ2v) is 2.07. The van der Waals surface area contributed by atoms with E-state index in [1.165, 1.54) is 25.4 Å². The molecule has 0 aromatic carbocycles. The summed E-state index contributed by atoms with van der Waals surface area (Å²) in [6, 6.07) is 2.84. The Kier molecular flexibility index (Phi) is 2.46. The standard InChI is InChI=1S/C6H8BNO3/c1-11-7(10)5-2-3-6(9)8-4-5/h2-4,10H,1H3,(H,8,9). The molecule has 2 N–H and O–H groups in total. The Labute approximate surface area is 64.0 Å². The van der Waals surface area contributed by atoms with Crippen LogP contribution in [0.25, 0.3) is 0 Å². The highest BCUT2D eigenvalue weighted by Gasteiger charge is 2.13. The highest BCUT2D eigenvalue weighted by atomic mass is 16.5. The molecule has 11 heavy (non-hydrogen) atoms. The first-order valence-corrected chi connectivity index (χ1v) is 3.13. The van der Waals surface area contributed by atoms with Crippen LogP contribution in [0.5, 0.6) is 0 Å². The van der Waals surface area contributed by atoms with Crippen molar-refractivity contribution in [1.29, 1.82) is 0 Å². The van der Waals surface area contributed by atoms with E-state index >= 15 is 0 Å². The summed E-state index contributed by atoms with van der Waals surface area (Å²) >= 11 is 0. The summed E-state index contributed by atoms with van der Waals surface area (Å²) in [5.74, 6) is 0. The molecule has 0 radical (unpaired) electrons. The molecule has 1 rings (SSSR count). The largest absolute Gasteiger partial charge is 0.492 e. The van der Waals surface area contributed by atoms with Crippen molar-refractivity contribution < 1.29 is 9.68 Å². The van der Waals surface area contributed by atoms with Crippen molar-refractivity contribution in [3.8, 4) is 0 Å². The summed E-state index contributed by atoms with van der Waals surface area (Å²) in [6.45, 7) is 0. The molecule has 0 amide bonds. The van der Waals surface area contributed by atoms with E-state index in [-0.39, 0.29) is 5.56 Å². The van der Waals surface area contributed by atoms with Crippen molar-refractivity contribution in [3.63, 3.8) is 0 Å². The van der Waals surface area contributed by atoms with Gasteiger partial charge in [-0.1, -0.05) is 6.07 Å². The van der Waals surface area contributed by atoms with E-state index < -0.39 is 7.12 Å². The second kappa shape index (κ2) is 3.36. The summed E-state index contributed by atoms with van der Waals surface area (Å²) in [6.07, 6.45) is 1.41. The minimum absolute atomic E-state index is 0.197. The lowest BCUT2D eigenvalue weighted by atomic mass is 9.81. The van der Waals surface area contributed by atoms with Gasteiger partial charge in [-0.15, -0.1) is 0 Å². The first kappa shape index (κ1) is 8.04. The zero-order valence-electron chi connectivity index (χ0n) is 6.07. The molecule has 0 aliphatic carbocycles. The molecule has 1 heterocycles. The molecule has 0 bridgehead atoms. The molecule has 0 spiro atoms. The van der Waals surface area contributed by atoms with E-state index in [1.54, 1.807) is 0 Å². The Balaban J connectivity index is 2.89. The van der Waals surface area contributed by atoms with Gasteiger partial charge in [0.2, 0.25) is 5.56 Å². The Hall–Kier alpha value is -1.07. The number of pyridine rings is 1. The Morgan fingerprint density at radius 1 is 1.64 bits per heavy atom. The van der Waals surface area contributed by atoms with E-state index in [0.29, 0.717) is 5.46 Å². The minimum Gasteiger partial charge on any atom is -0.423 e. The minimum atomic E-state index is -0.966. The third-order valence-corrected chi connectivity index (χ3v) is 1.32. The first-order valence-electron chi connectivity index (χ1n) is 3.13. The molecule has 1 aromatic rings. The lowest BCUT2D eigenvalue weighted by Gasteiger charge is -2.00. The number of rotatable bonds is 2. The van der Waals surface area contributed by atoms with Crippen LogP contribution in [0.15, 0.2) is 23.1 Å². The fourth-order valence-electron chi connectivity index (χ4n) is 0.712. The van der Waals surface area contributed by atoms with Gasteiger partial charge in [0.05, 0.1) is 0 Å². The predicted molar refractivity (Wildman–Crippen MR) is 41.7 cm³/mol. The third-order valence-electron chi connectivity index (χ3n) is 1.32. The molecule has 5 heteroatoms. The highest BCUT2D eigenvalue weighted by molar-refractivity contribution is 6.59. The number of hydrogen-bond donors (Lipinski definition) is 2. The van der Waals surface area contributed by atoms with Gasteiger partial charge in [0.15, 0.2) is 0 Å². The number of hydrogen-bond acceptors (Lipinski definition) is 3. The number of nitrogens with one attached hydrogen (secondary N) is 1. The smallest absolute Gasteiger partial charge is 0.423 e. The Bertz CT molecular complexity index is 265. The molecule has 0 fully saturated rings. The van der Waals surface area contributed by atoms with Crippen molar-refractivity contribution in [3.05, 3.63) is 28.7 Å². The fraction of sp³-hybridized carbons (Fsp3) is 0.167. The summed E-state index contributed by atoms with van der Waals surface area (Å²) in [5, 5.41) is 9.08. The van der Waals surface area contributed by atoms with Crippen LogP contribution in [-0.2, 0) is 4.65 Å². The van der Waals surface area contributed by atoms with Gasteiger partial charge in [0, 0.05) is 19.4 Å². The normalized spacial score (nSPS) is 9.64. The number of aromatic amines is 1. The van der Waals surface area contributed by atoms with Crippen molar-refractivity contribution in [2.45, 2.75) is 0 Å². The molecule has 0 aliphatic rings. The van der Waals surface area contributed by atoms with Gasteiger partial charge >= 0.3 is 7.12 Å². The zero-order chi connectivity index (χ0) is 8.27. The zero-order valence-corrected chi connectivity index (χ0v) is 6.07. The maximum atomic E-state index is 10.6. The molecule has 0 saturated heterocycles. The average molecular weight is 153 g/mol. The summed E-state index contributed by atoms with van der Waals surface area (Å²) in [4.78, 5) is 13.0. The van der Waals surface area contributed by atoms with Gasteiger partial charge in [-0.3, -0.25) is 4.79 Å². The maximum Gasteiger partial charge on any atom is 0.492 e. The second-order valence-electron chi connectivity index (χ2n) is 2.07. The number of aromatic nitrogens is 1. The SMILES string of the molecule is COB(O)c1ccc(=O)[nH]c1. The molecule has 0 aliphatic heterocycles. The lowest BCUT2D eigenvalue weighted by molar-refractivity contribution is 0.341. The quantitative estimate of drug-likeness (QED) is 0.519. The van der Waals surface area contributed by atoms with E-state index in [0.717, 1.165) is 0 Å². The van der Waals surface area contributed by atoms with Gasteiger partial charge in [-0.2, -0.15) is 0 Å². The predicted octanol–water partition coefficient (Wildman–Crippen LogP) is -1.29. The van der Waals surface area contributed by atoms with E-state index in [2.05, 4.69) is 9.64 Å². The van der Waals surface area contributed by atoms with Gasteiger partial charge in [0.1, 0.15) is 0 Å².